The number of hydroxylamine groups is 1. The fraction of sp³-hybridized carbons (Fsp3) is 0.0769. The van der Waals surface area contributed by atoms with E-state index in [1.165, 1.54) is 23.5 Å². The molecule has 1 aromatic heterocycles. The first kappa shape index (κ1) is 18.8. The molecule has 0 aliphatic heterocycles. The number of nitrogens with one attached hydrogen (secondary N) is 1. The van der Waals surface area contributed by atoms with Gasteiger partial charge >= 0.3 is 0 Å². The molecule has 5 N–H and O–H groups in total. The van der Waals surface area contributed by atoms with Crippen molar-refractivity contribution in [3.63, 3.8) is 0 Å². The van der Waals surface area contributed by atoms with E-state index in [0.717, 1.165) is 10.4 Å². The lowest BCUT2D eigenvalue weighted by molar-refractivity contribution is 0.232. The van der Waals surface area contributed by atoms with Gasteiger partial charge in [-0.15, -0.1) is 16.4 Å². The first-order valence-corrected chi connectivity index (χ1v) is 8.49. The Morgan fingerprint density at radius 3 is 2.43 bits per heavy atom. The van der Waals surface area contributed by atoms with E-state index in [4.69, 9.17) is 15.5 Å². The molecule has 0 saturated heterocycles. The van der Waals surface area contributed by atoms with Crippen molar-refractivity contribution < 1.29 is 18.2 Å². The van der Waals surface area contributed by atoms with Gasteiger partial charge in [-0.3, -0.25) is 9.76 Å². The highest BCUT2D eigenvalue weighted by Gasteiger charge is 2.06. The second-order valence-corrected chi connectivity index (χ2v) is 6.55. The first-order valence-electron chi connectivity index (χ1n) is 6.17. The Morgan fingerprint density at radius 1 is 1.30 bits per heavy atom. The molecule has 1 aromatic carbocycles. The summed E-state index contributed by atoms with van der Waals surface area (Å²) < 4.78 is 29.6. The van der Waals surface area contributed by atoms with E-state index < -0.39 is 10.1 Å². The number of rotatable bonds is 3. The zero-order valence-electron chi connectivity index (χ0n) is 12.1. The van der Waals surface area contributed by atoms with E-state index in [2.05, 4.69) is 10.2 Å². The van der Waals surface area contributed by atoms with Gasteiger partial charge < -0.3 is 5.73 Å². The number of nitrogens with zero attached hydrogens (tertiary/aromatic N) is 2. The molecule has 0 saturated carbocycles. The van der Waals surface area contributed by atoms with Gasteiger partial charge in [0.1, 0.15) is 0 Å². The molecule has 10 heteroatoms. The van der Waals surface area contributed by atoms with Crippen LogP contribution in [0.1, 0.15) is 10.4 Å². The highest BCUT2D eigenvalue weighted by molar-refractivity contribution is 7.85. The predicted molar refractivity (Wildman–Crippen MR) is 89.5 cm³/mol. The topological polar surface area (TPSA) is 137 Å². The van der Waals surface area contributed by atoms with Crippen molar-refractivity contribution in [3.05, 3.63) is 52.2 Å². The smallest absolute Gasteiger partial charge is 0.294 e. The van der Waals surface area contributed by atoms with Crippen molar-refractivity contribution >= 4 is 33.6 Å². The van der Waals surface area contributed by atoms with Gasteiger partial charge in [0.2, 0.25) is 5.96 Å². The maximum Gasteiger partial charge on any atom is 0.294 e. The fourth-order valence-corrected chi connectivity index (χ4v) is 2.30. The maximum absolute atomic E-state index is 10.5. The van der Waals surface area contributed by atoms with Crippen molar-refractivity contribution in [2.24, 2.45) is 15.9 Å². The lowest BCUT2D eigenvalue weighted by Crippen LogP contribution is -2.27. The molecule has 0 bridgehead atoms. The Hall–Kier alpha value is -2.27. The van der Waals surface area contributed by atoms with Gasteiger partial charge in [-0.25, -0.2) is 5.48 Å². The Morgan fingerprint density at radius 2 is 1.96 bits per heavy atom. The standard InChI is InChI=1S/C7H8O3S.C6H8N4OS/c1-6-2-4-7(5-3-6)11(8,9)10;7-6(10-11)9-8-4-5-2-1-3-12-5/h2-5H,1H3,(H,8,9,10);1-4,11H,(H3,7,9,10)/b;8-4+. The minimum absolute atomic E-state index is 0.0666. The van der Waals surface area contributed by atoms with Crippen molar-refractivity contribution in [2.75, 3.05) is 0 Å². The minimum Gasteiger partial charge on any atom is -0.367 e. The summed E-state index contributed by atoms with van der Waals surface area (Å²) in [6.07, 6.45) is 1.55. The summed E-state index contributed by atoms with van der Waals surface area (Å²) in [4.78, 5) is 0.910. The monoisotopic (exact) mass is 356 g/mol. The number of nitrogens with two attached hydrogens (primary N) is 1. The average Bonchev–Trinajstić information content (AvgIpc) is 3.00. The van der Waals surface area contributed by atoms with Crippen molar-refractivity contribution in [3.8, 4) is 0 Å². The first-order chi connectivity index (χ1) is 10.8. The molecule has 0 unspecified atom stereocenters. The molecule has 0 atom stereocenters. The van der Waals surface area contributed by atoms with Gasteiger partial charge in [0.15, 0.2) is 0 Å². The molecular formula is C13H16N4O4S2. The number of guanidine groups is 1. The SMILES string of the molecule is Cc1ccc(S(=O)(=O)O)cc1.NC(=N/N=C/c1cccs1)NO. The minimum atomic E-state index is -4.02. The molecule has 8 nitrogen and oxygen atoms in total. The second-order valence-electron chi connectivity index (χ2n) is 4.15. The van der Waals surface area contributed by atoms with Crippen LogP contribution < -0.4 is 11.2 Å². The highest BCUT2D eigenvalue weighted by Crippen LogP contribution is 2.08. The highest BCUT2D eigenvalue weighted by atomic mass is 32.2. The lowest BCUT2D eigenvalue weighted by atomic mass is 10.2. The molecule has 23 heavy (non-hydrogen) atoms. The maximum atomic E-state index is 10.5. The molecule has 0 aliphatic rings. The van der Waals surface area contributed by atoms with Gasteiger partial charge in [0.25, 0.3) is 10.1 Å². The van der Waals surface area contributed by atoms with Crippen LogP contribution >= 0.6 is 11.3 Å². The lowest BCUT2D eigenvalue weighted by Gasteiger charge is -1.95. The van der Waals surface area contributed by atoms with E-state index in [0.29, 0.717) is 0 Å². The molecular weight excluding hydrogens is 340 g/mol. The van der Waals surface area contributed by atoms with Crippen LogP contribution in [0.25, 0.3) is 0 Å². The molecule has 2 rings (SSSR count). The van der Waals surface area contributed by atoms with E-state index in [1.54, 1.807) is 23.8 Å². The third kappa shape index (κ3) is 7.51. The largest absolute Gasteiger partial charge is 0.367 e. The third-order valence-corrected chi connectivity index (χ3v) is 4.00. The van der Waals surface area contributed by atoms with Crippen LogP contribution in [0.15, 0.2) is 56.9 Å². The van der Waals surface area contributed by atoms with Gasteiger partial charge in [-0.1, -0.05) is 23.8 Å². The molecule has 0 radical (unpaired) electrons. The summed E-state index contributed by atoms with van der Waals surface area (Å²) in [6, 6.07) is 9.79. The Balaban J connectivity index is 0.000000231. The van der Waals surface area contributed by atoms with E-state index >= 15 is 0 Å². The van der Waals surface area contributed by atoms with Crippen molar-refractivity contribution in [1.29, 1.82) is 0 Å². The van der Waals surface area contributed by atoms with Crippen molar-refractivity contribution in [2.45, 2.75) is 11.8 Å². The van der Waals surface area contributed by atoms with Crippen LogP contribution in [0.4, 0.5) is 0 Å². The molecule has 1 heterocycles. The van der Waals surface area contributed by atoms with Crippen LogP contribution in [0, 0.1) is 6.92 Å². The van der Waals surface area contributed by atoms with E-state index in [1.807, 2.05) is 24.4 Å². The predicted octanol–water partition coefficient (Wildman–Crippen LogP) is 1.62. The number of hydrogen-bond donors (Lipinski definition) is 4. The summed E-state index contributed by atoms with van der Waals surface area (Å²) in [7, 11) is -4.02. The summed E-state index contributed by atoms with van der Waals surface area (Å²) in [6.45, 7) is 1.84. The number of hydrogen-bond acceptors (Lipinski definition) is 6. The van der Waals surface area contributed by atoms with Crippen LogP contribution in [0.5, 0.6) is 0 Å². The molecule has 124 valence electrons. The van der Waals surface area contributed by atoms with E-state index in [9.17, 15) is 8.42 Å². The van der Waals surface area contributed by atoms with Gasteiger partial charge in [0.05, 0.1) is 11.1 Å². The Kier molecular flexibility index (Phi) is 7.35. The second kappa shape index (κ2) is 9.00. The summed E-state index contributed by atoms with van der Waals surface area (Å²) >= 11 is 1.54. The van der Waals surface area contributed by atoms with Crippen molar-refractivity contribution in [1.82, 2.24) is 5.48 Å². The number of aryl methyl sites for hydroxylation is 1. The third-order valence-electron chi connectivity index (χ3n) is 2.33. The number of benzene rings is 1. The average molecular weight is 356 g/mol. The molecule has 0 spiro atoms. The molecule has 0 aliphatic carbocycles. The molecule has 0 amide bonds. The van der Waals surface area contributed by atoms with Gasteiger partial charge in [0, 0.05) is 4.88 Å². The molecule has 2 aromatic rings. The van der Waals surface area contributed by atoms with Gasteiger partial charge in [-0.2, -0.15) is 13.5 Å². The van der Waals surface area contributed by atoms with Crippen LogP contribution in [-0.4, -0.2) is 30.4 Å². The summed E-state index contributed by atoms with van der Waals surface area (Å²) in [5, 5.41) is 17.2. The van der Waals surface area contributed by atoms with Crippen LogP contribution in [0.3, 0.4) is 0 Å². The van der Waals surface area contributed by atoms with Crippen LogP contribution in [-0.2, 0) is 10.1 Å². The zero-order valence-corrected chi connectivity index (χ0v) is 13.8. The van der Waals surface area contributed by atoms with Crippen LogP contribution in [0.2, 0.25) is 0 Å². The molecule has 0 fully saturated rings. The number of thiophene rings is 1. The summed E-state index contributed by atoms with van der Waals surface area (Å²) in [5.74, 6) is -0.136. The summed E-state index contributed by atoms with van der Waals surface area (Å²) in [5.41, 5.74) is 7.71. The van der Waals surface area contributed by atoms with Gasteiger partial charge in [-0.05, 0) is 30.5 Å². The fourth-order valence-electron chi connectivity index (χ4n) is 1.25. The zero-order chi connectivity index (χ0) is 17.3. The quantitative estimate of drug-likeness (QED) is 0.285. The van der Waals surface area contributed by atoms with E-state index in [-0.39, 0.29) is 10.9 Å². The Labute approximate surface area is 137 Å². The Bertz CT molecular complexity index is 754. The normalized spacial score (nSPS) is 11.9.